The van der Waals surface area contributed by atoms with Crippen LogP contribution in [0.1, 0.15) is 49.1 Å². The van der Waals surface area contributed by atoms with E-state index in [1.54, 1.807) is 13.8 Å². The first-order chi connectivity index (χ1) is 11.1. The topological polar surface area (TPSA) is 12.9 Å². The number of aryl methyl sites for hydroxylation is 1. The van der Waals surface area contributed by atoms with Gasteiger partial charge in [0.15, 0.2) is 0 Å². The third-order valence-corrected chi connectivity index (χ3v) is 3.80. The van der Waals surface area contributed by atoms with Gasteiger partial charge in [-0.25, -0.2) is 4.98 Å². The van der Waals surface area contributed by atoms with E-state index >= 15 is 0 Å². The van der Waals surface area contributed by atoms with Crippen molar-refractivity contribution in [2.24, 2.45) is 0 Å². The molecule has 1 nitrogen and oxygen atoms in total. The van der Waals surface area contributed by atoms with E-state index in [-0.39, 0.29) is 29.3 Å². The van der Waals surface area contributed by atoms with Gasteiger partial charge in [0.25, 0.3) is 0 Å². The number of halogens is 6. The maximum absolute atomic E-state index is 13.3. The van der Waals surface area contributed by atoms with Crippen molar-refractivity contribution in [2.75, 3.05) is 0 Å². The van der Waals surface area contributed by atoms with Gasteiger partial charge in [0.2, 0.25) is 0 Å². The Morgan fingerprint density at radius 2 is 1.42 bits per heavy atom. The summed E-state index contributed by atoms with van der Waals surface area (Å²) in [6.07, 6.45) is -7.80. The van der Waals surface area contributed by atoms with E-state index in [4.69, 9.17) is 0 Å². The molecular formula is C17H17F6N. The molecule has 1 aromatic heterocycles. The number of fused-ring (bicyclic) bond motifs is 1. The monoisotopic (exact) mass is 349 g/mol. The molecule has 0 spiro atoms. The molecular weight excluding hydrogens is 332 g/mol. The predicted octanol–water partition coefficient (Wildman–Crippen LogP) is 6.18. The quantitative estimate of drug-likeness (QED) is 0.601. The lowest BCUT2D eigenvalue weighted by molar-refractivity contribution is -0.141. The minimum atomic E-state index is -4.64. The van der Waals surface area contributed by atoms with Crippen LogP contribution in [0.15, 0.2) is 18.2 Å². The van der Waals surface area contributed by atoms with Crippen molar-refractivity contribution in [3.8, 4) is 0 Å². The average molecular weight is 349 g/mol. The smallest absolute Gasteiger partial charge is 0.243 e. The van der Waals surface area contributed by atoms with Gasteiger partial charge in [-0.05, 0) is 42.2 Å². The highest BCUT2D eigenvalue weighted by Gasteiger charge is 2.37. The molecule has 0 saturated heterocycles. The summed E-state index contributed by atoms with van der Waals surface area (Å²) in [6, 6.07) is 2.69. The summed E-state index contributed by atoms with van der Waals surface area (Å²) in [7, 11) is 0. The molecule has 1 heterocycles. The summed E-state index contributed by atoms with van der Waals surface area (Å²) in [5, 5.41) is 0.156. The number of aromatic nitrogens is 1. The van der Waals surface area contributed by atoms with Crippen LogP contribution in [-0.4, -0.2) is 4.98 Å². The van der Waals surface area contributed by atoms with Crippen LogP contribution in [0.2, 0.25) is 0 Å². The lowest BCUT2D eigenvalue weighted by Gasteiger charge is -2.19. The van der Waals surface area contributed by atoms with Gasteiger partial charge in [-0.2, -0.15) is 26.3 Å². The molecule has 0 aliphatic carbocycles. The van der Waals surface area contributed by atoms with E-state index in [1.807, 2.05) is 0 Å². The molecule has 0 saturated carbocycles. The van der Waals surface area contributed by atoms with Gasteiger partial charge in [0, 0.05) is 5.39 Å². The van der Waals surface area contributed by atoms with E-state index in [9.17, 15) is 26.3 Å². The Hall–Kier alpha value is -1.79. The second-order valence-electron chi connectivity index (χ2n) is 5.64. The zero-order valence-corrected chi connectivity index (χ0v) is 13.3. The van der Waals surface area contributed by atoms with E-state index < -0.39 is 23.6 Å². The number of alkyl halides is 6. The van der Waals surface area contributed by atoms with Crippen molar-refractivity contribution in [3.63, 3.8) is 0 Å². The summed E-state index contributed by atoms with van der Waals surface area (Å²) in [5.41, 5.74) is -1.59. The first kappa shape index (κ1) is 18.5. The summed E-state index contributed by atoms with van der Waals surface area (Å²) in [4.78, 5) is 3.64. The molecule has 0 radical (unpaired) electrons. The van der Waals surface area contributed by atoms with Crippen LogP contribution < -0.4 is 0 Å². The summed E-state index contributed by atoms with van der Waals surface area (Å²) >= 11 is 0. The first-order valence-electron chi connectivity index (χ1n) is 7.69. The van der Waals surface area contributed by atoms with Crippen molar-refractivity contribution in [2.45, 2.75) is 51.9 Å². The third kappa shape index (κ3) is 3.65. The second-order valence-corrected chi connectivity index (χ2v) is 5.64. The summed E-state index contributed by atoms with van der Waals surface area (Å²) < 4.78 is 78.9. The second kappa shape index (κ2) is 6.61. The molecule has 0 bridgehead atoms. The van der Waals surface area contributed by atoms with Crippen molar-refractivity contribution < 1.29 is 26.3 Å². The number of pyridine rings is 1. The van der Waals surface area contributed by atoms with E-state index in [2.05, 4.69) is 4.98 Å². The van der Waals surface area contributed by atoms with Crippen molar-refractivity contribution in [1.29, 1.82) is 0 Å². The number of benzene rings is 1. The van der Waals surface area contributed by atoms with E-state index in [0.29, 0.717) is 18.4 Å². The normalized spacial score (nSPS) is 12.8. The Kier molecular flexibility index (Phi) is 5.11. The van der Waals surface area contributed by atoms with Crippen molar-refractivity contribution in [3.05, 3.63) is 40.6 Å². The Labute approximate surface area is 135 Å². The third-order valence-electron chi connectivity index (χ3n) is 3.80. The largest absolute Gasteiger partial charge is 0.433 e. The number of hydrogen-bond acceptors (Lipinski definition) is 1. The van der Waals surface area contributed by atoms with Crippen LogP contribution in [0.4, 0.5) is 26.3 Å². The molecule has 7 heteroatoms. The Bertz CT molecular complexity index is 730. The van der Waals surface area contributed by atoms with Gasteiger partial charge >= 0.3 is 12.4 Å². The van der Waals surface area contributed by atoms with Crippen LogP contribution in [0.3, 0.4) is 0 Å². The number of hydrogen-bond donors (Lipinski definition) is 0. The van der Waals surface area contributed by atoms with Gasteiger partial charge in [0.05, 0.1) is 11.1 Å². The van der Waals surface area contributed by atoms with Gasteiger partial charge in [-0.1, -0.05) is 26.7 Å². The summed E-state index contributed by atoms with van der Waals surface area (Å²) in [5.74, 6) is 0. The van der Waals surface area contributed by atoms with Gasteiger partial charge in [0.1, 0.15) is 5.69 Å². The molecule has 0 fully saturated rings. The molecule has 0 N–H and O–H groups in total. The Morgan fingerprint density at radius 3 is 1.92 bits per heavy atom. The maximum Gasteiger partial charge on any atom is 0.433 e. The zero-order chi connectivity index (χ0) is 18.1. The minimum Gasteiger partial charge on any atom is -0.243 e. The van der Waals surface area contributed by atoms with Crippen LogP contribution >= 0.6 is 0 Å². The van der Waals surface area contributed by atoms with Crippen LogP contribution in [-0.2, 0) is 25.2 Å². The predicted molar refractivity (Wildman–Crippen MR) is 79.7 cm³/mol. The van der Waals surface area contributed by atoms with Crippen LogP contribution in [0.25, 0.3) is 10.9 Å². The molecule has 0 amide bonds. The standard InChI is InChI=1S/C17H17F6N/c1-3-5-11-12(6-4-2)15(17(21,22)23)24-14-8-7-10(9-13(11)14)16(18,19)20/h7-9H,3-6H2,1-2H3. The molecule has 2 aromatic rings. The zero-order valence-electron chi connectivity index (χ0n) is 13.3. The highest BCUT2D eigenvalue weighted by Crippen LogP contribution is 2.38. The van der Waals surface area contributed by atoms with Crippen LogP contribution in [0.5, 0.6) is 0 Å². The number of rotatable bonds is 4. The Morgan fingerprint density at radius 1 is 0.833 bits per heavy atom. The molecule has 2 rings (SSSR count). The molecule has 1 aromatic carbocycles. The highest BCUT2D eigenvalue weighted by molar-refractivity contribution is 5.84. The first-order valence-corrected chi connectivity index (χ1v) is 7.69. The molecule has 0 aliphatic heterocycles. The fourth-order valence-corrected chi connectivity index (χ4v) is 2.83. The van der Waals surface area contributed by atoms with Crippen molar-refractivity contribution >= 4 is 10.9 Å². The lowest BCUT2D eigenvalue weighted by atomic mass is 9.93. The molecule has 24 heavy (non-hydrogen) atoms. The van der Waals surface area contributed by atoms with Gasteiger partial charge in [-0.3, -0.25) is 0 Å². The Balaban J connectivity index is 2.86. The molecule has 0 atom stereocenters. The maximum atomic E-state index is 13.3. The lowest BCUT2D eigenvalue weighted by Crippen LogP contribution is -2.15. The molecule has 0 aliphatic rings. The summed E-state index contributed by atoms with van der Waals surface area (Å²) in [6.45, 7) is 3.51. The van der Waals surface area contributed by atoms with Crippen LogP contribution in [0, 0.1) is 0 Å². The molecule has 0 unspecified atom stereocenters. The number of nitrogens with zero attached hydrogens (tertiary/aromatic N) is 1. The van der Waals surface area contributed by atoms with Gasteiger partial charge in [-0.15, -0.1) is 0 Å². The highest BCUT2D eigenvalue weighted by atomic mass is 19.4. The minimum absolute atomic E-state index is 0.0127. The SMILES string of the molecule is CCCc1c(C(F)(F)F)nc2ccc(C(F)(F)F)cc2c1CCC. The average Bonchev–Trinajstić information content (AvgIpc) is 2.47. The van der Waals surface area contributed by atoms with E-state index in [0.717, 1.165) is 18.2 Å². The van der Waals surface area contributed by atoms with Crippen molar-refractivity contribution in [1.82, 2.24) is 4.98 Å². The molecule has 132 valence electrons. The van der Waals surface area contributed by atoms with E-state index in [1.165, 1.54) is 0 Å². The fourth-order valence-electron chi connectivity index (χ4n) is 2.83. The van der Waals surface area contributed by atoms with Gasteiger partial charge < -0.3 is 0 Å². The fraction of sp³-hybridized carbons (Fsp3) is 0.471.